The maximum atomic E-state index is 13.2. The van der Waals surface area contributed by atoms with Crippen LogP contribution in [0.4, 0.5) is 10.1 Å². The molecule has 1 aliphatic rings. The van der Waals surface area contributed by atoms with Crippen LogP contribution in [0.5, 0.6) is 0 Å². The number of carbonyl (C=O) groups is 1. The Morgan fingerprint density at radius 2 is 1.89 bits per heavy atom. The van der Waals surface area contributed by atoms with Gasteiger partial charge >= 0.3 is 0 Å². The molecule has 27 heavy (non-hydrogen) atoms. The summed E-state index contributed by atoms with van der Waals surface area (Å²) in [5, 5.41) is 2.89. The molecule has 0 radical (unpaired) electrons. The van der Waals surface area contributed by atoms with Gasteiger partial charge in [0, 0.05) is 6.54 Å². The molecular formula is C19H30FN3O3S. The van der Waals surface area contributed by atoms with Crippen molar-refractivity contribution in [2.24, 2.45) is 5.92 Å². The molecule has 0 saturated carbocycles. The summed E-state index contributed by atoms with van der Waals surface area (Å²) in [4.78, 5) is 15.0. The number of piperidine rings is 1. The van der Waals surface area contributed by atoms with Gasteiger partial charge in [-0.1, -0.05) is 6.92 Å². The highest BCUT2D eigenvalue weighted by Gasteiger charge is 2.31. The van der Waals surface area contributed by atoms with Crippen LogP contribution in [-0.2, 0) is 14.8 Å². The summed E-state index contributed by atoms with van der Waals surface area (Å²) in [7, 11) is -1.58. The summed E-state index contributed by atoms with van der Waals surface area (Å²) < 4.78 is 38.9. The predicted octanol–water partition coefficient (Wildman–Crippen LogP) is 2.22. The largest absolute Gasteiger partial charge is 0.354 e. The number of likely N-dealkylation sites (tertiary alicyclic amines) is 1. The van der Waals surface area contributed by atoms with Crippen LogP contribution in [0, 0.1) is 11.7 Å². The molecule has 1 aliphatic heterocycles. The monoisotopic (exact) mass is 399 g/mol. The molecular weight excluding hydrogens is 369 g/mol. The second kappa shape index (κ2) is 9.50. The molecule has 1 aromatic carbocycles. The lowest BCUT2D eigenvalue weighted by molar-refractivity contribution is -0.122. The molecule has 1 amide bonds. The molecule has 0 bridgehead atoms. The van der Waals surface area contributed by atoms with Gasteiger partial charge in [0.15, 0.2) is 0 Å². The van der Waals surface area contributed by atoms with E-state index in [0.29, 0.717) is 18.9 Å². The summed E-state index contributed by atoms with van der Waals surface area (Å²) in [5.41, 5.74) is 0.288. The first-order chi connectivity index (χ1) is 12.7. The molecule has 1 fully saturated rings. The van der Waals surface area contributed by atoms with E-state index in [0.717, 1.165) is 42.9 Å². The number of anilines is 1. The van der Waals surface area contributed by atoms with E-state index < -0.39 is 21.9 Å². The fourth-order valence-electron chi connectivity index (χ4n) is 3.52. The molecule has 1 heterocycles. The minimum atomic E-state index is -3.69. The van der Waals surface area contributed by atoms with Crippen LogP contribution in [0.25, 0.3) is 0 Å². The summed E-state index contributed by atoms with van der Waals surface area (Å²) in [6, 6.07) is 4.29. The number of sulfonamides is 1. The average Bonchev–Trinajstić information content (AvgIpc) is 2.61. The lowest BCUT2D eigenvalue weighted by Crippen LogP contribution is -2.49. The smallest absolute Gasteiger partial charge is 0.243 e. The third-order valence-electron chi connectivity index (χ3n) is 5.10. The van der Waals surface area contributed by atoms with Gasteiger partial charge in [0.05, 0.1) is 11.9 Å². The van der Waals surface area contributed by atoms with Crippen LogP contribution in [0.2, 0.25) is 0 Å². The van der Waals surface area contributed by atoms with E-state index in [1.54, 1.807) is 6.92 Å². The van der Waals surface area contributed by atoms with Gasteiger partial charge in [-0.25, -0.2) is 12.8 Å². The van der Waals surface area contributed by atoms with Gasteiger partial charge in [0.25, 0.3) is 0 Å². The number of benzene rings is 1. The molecule has 1 saturated heterocycles. The molecule has 2 rings (SSSR count). The highest BCUT2D eigenvalue weighted by Crippen LogP contribution is 2.23. The maximum absolute atomic E-state index is 13.2. The summed E-state index contributed by atoms with van der Waals surface area (Å²) in [6.45, 7) is 4.44. The predicted molar refractivity (Wildman–Crippen MR) is 106 cm³/mol. The van der Waals surface area contributed by atoms with Crippen LogP contribution in [0.3, 0.4) is 0 Å². The summed E-state index contributed by atoms with van der Waals surface area (Å²) in [6.07, 6.45) is 4.52. The molecule has 152 valence electrons. The molecule has 6 nitrogen and oxygen atoms in total. The average molecular weight is 400 g/mol. The SMILES string of the molecule is CCC(C(=O)NCCC1CCN(C)CC1)N(c1ccc(F)cc1)S(C)(=O)=O. The van der Waals surface area contributed by atoms with E-state index in [1.807, 2.05) is 0 Å². The van der Waals surface area contributed by atoms with Crippen molar-refractivity contribution in [3.8, 4) is 0 Å². The quantitative estimate of drug-likeness (QED) is 0.728. The fourth-order valence-corrected chi connectivity index (χ4v) is 4.73. The number of halogens is 1. The standard InChI is InChI=1S/C19H30FN3O3S/c1-4-18(19(24)21-12-9-15-10-13-22(2)14-11-15)23(27(3,25)26)17-7-5-16(20)6-8-17/h5-8,15,18H,4,9-14H2,1-3H3,(H,21,24). The van der Waals surface area contributed by atoms with E-state index >= 15 is 0 Å². The second-order valence-corrected chi connectivity index (χ2v) is 9.15. The number of nitrogens with zero attached hydrogens (tertiary/aromatic N) is 2. The van der Waals surface area contributed by atoms with Gasteiger partial charge in [-0.05, 0) is 76.0 Å². The second-order valence-electron chi connectivity index (χ2n) is 7.29. The first kappa shape index (κ1) is 21.6. The molecule has 1 unspecified atom stereocenters. The Labute approximate surface area is 161 Å². The topological polar surface area (TPSA) is 69.7 Å². The van der Waals surface area contributed by atoms with Crippen molar-refractivity contribution >= 4 is 21.6 Å². The first-order valence-electron chi connectivity index (χ1n) is 9.43. The molecule has 8 heteroatoms. The van der Waals surface area contributed by atoms with Crippen LogP contribution in [-0.4, -0.2) is 58.2 Å². The summed E-state index contributed by atoms with van der Waals surface area (Å²) >= 11 is 0. The Bertz CT molecular complexity index is 716. The fraction of sp³-hybridized carbons (Fsp3) is 0.632. The van der Waals surface area contributed by atoms with Crippen LogP contribution >= 0.6 is 0 Å². The minimum Gasteiger partial charge on any atom is -0.354 e. The number of rotatable bonds is 8. The van der Waals surface area contributed by atoms with E-state index in [-0.39, 0.29) is 11.6 Å². The van der Waals surface area contributed by atoms with Crippen molar-refractivity contribution in [3.05, 3.63) is 30.1 Å². The zero-order valence-corrected chi connectivity index (χ0v) is 17.1. The van der Waals surface area contributed by atoms with E-state index in [1.165, 1.54) is 24.3 Å². The molecule has 0 aliphatic carbocycles. The Morgan fingerprint density at radius 1 is 1.30 bits per heavy atom. The number of hydrogen-bond acceptors (Lipinski definition) is 4. The molecule has 0 spiro atoms. The number of amides is 1. The van der Waals surface area contributed by atoms with Crippen molar-refractivity contribution in [1.82, 2.24) is 10.2 Å². The van der Waals surface area contributed by atoms with Crippen LogP contribution in [0.1, 0.15) is 32.6 Å². The van der Waals surface area contributed by atoms with Gasteiger partial charge in [-0.3, -0.25) is 9.10 Å². The molecule has 1 N–H and O–H groups in total. The Hall–Kier alpha value is -1.67. The number of hydrogen-bond donors (Lipinski definition) is 1. The first-order valence-corrected chi connectivity index (χ1v) is 11.3. The highest BCUT2D eigenvalue weighted by atomic mass is 32.2. The third-order valence-corrected chi connectivity index (χ3v) is 6.28. The Balaban J connectivity index is 2.02. The summed E-state index contributed by atoms with van der Waals surface area (Å²) in [5.74, 6) is -0.187. The Morgan fingerprint density at radius 3 is 2.41 bits per heavy atom. The van der Waals surface area contributed by atoms with Gasteiger partial charge in [-0.15, -0.1) is 0 Å². The highest BCUT2D eigenvalue weighted by molar-refractivity contribution is 7.92. The third kappa shape index (κ3) is 6.17. The van der Waals surface area contributed by atoms with Gasteiger partial charge in [0.2, 0.25) is 15.9 Å². The molecule has 1 aromatic rings. The zero-order valence-electron chi connectivity index (χ0n) is 16.3. The van der Waals surface area contributed by atoms with Gasteiger partial charge in [-0.2, -0.15) is 0 Å². The number of carbonyl (C=O) groups excluding carboxylic acids is 1. The van der Waals surface area contributed by atoms with Crippen molar-refractivity contribution < 1.29 is 17.6 Å². The van der Waals surface area contributed by atoms with Crippen LogP contribution < -0.4 is 9.62 Å². The van der Waals surface area contributed by atoms with E-state index in [9.17, 15) is 17.6 Å². The zero-order chi connectivity index (χ0) is 20.0. The molecule has 0 aromatic heterocycles. The van der Waals surface area contributed by atoms with Gasteiger partial charge < -0.3 is 10.2 Å². The van der Waals surface area contributed by atoms with Crippen LogP contribution in [0.15, 0.2) is 24.3 Å². The van der Waals surface area contributed by atoms with E-state index in [4.69, 9.17) is 0 Å². The van der Waals surface area contributed by atoms with Crippen molar-refractivity contribution in [1.29, 1.82) is 0 Å². The normalized spacial score (nSPS) is 17.5. The van der Waals surface area contributed by atoms with E-state index in [2.05, 4.69) is 17.3 Å². The van der Waals surface area contributed by atoms with Gasteiger partial charge in [0.1, 0.15) is 11.9 Å². The maximum Gasteiger partial charge on any atom is 0.243 e. The van der Waals surface area contributed by atoms with Crippen molar-refractivity contribution in [3.63, 3.8) is 0 Å². The van der Waals surface area contributed by atoms with Crippen molar-refractivity contribution in [2.45, 2.75) is 38.6 Å². The van der Waals surface area contributed by atoms with Crippen molar-refractivity contribution in [2.75, 3.05) is 37.2 Å². The number of nitrogens with one attached hydrogen (secondary N) is 1. The Kier molecular flexibility index (Phi) is 7.61. The lowest BCUT2D eigenvalue weighted by atomic mass is 9.94. The molecule has 1 atom stereocenters. The minimum absolute atomic E-state index is 0.288. The lowest BCUT2D eigenvalue weighted by Gasteiger charge is -2.31.